The summed E-state index contributed by atoms with van der Waals surface area (Å²) in [7, 11) is 0. The summed E-state index contributed by atoms with van der Waals surface area (Å²) in [4.78, 5) is 11.5. The summed E-state index contributed by atoms with van der Waals surface area (Å²) < 4.78 is 5.70. The molecule has 0 aliphatic heterocycles. The van der Waals surface area contributed by atoms with Gasteiger partial charge in [-0.3, -0.25) is 0 Å². The van der Waals surface area contributed by atoms with Gasteiger partial charge in [0.15, 0.2) is 0 Å². The standard InChI is InChI=1S/C20H27O2PS2.Ba.2H/c1-3-5-7-17-9-13-19(14-10-17)22-23(21,24)25-20-15-11-18(12-16-20)8-6-4-2;;;/h9-16H,3-8H2,1-2H3,(H,21,24);;;. The molecule has 0 saturated carbocycles. The molecule has 0 saturated heterocycles. The Morgan fingerprint density at radius 2 is 1.35 bits per heavy atom. The molecule has 6 heteroatoms. The molecule has 0 bridgehead atoms. The summed E-state index contributed by atoms with van der Waals surface area (Å²) in [5.41, 5.74) is -0.351. The summed E-state index contributed by atoms with van der Waals surface area (Å²) in [6.07, 6.45) is 6.92. The van der Waals surface area contributed by atoms with E-state index in [2.05, 4.69) is 26.0 Å². The van der Waals surface area contributed by atoms with E-state index in [0.29, 0.717) is 5.75 Å². The van der Waals surface area contributed by atoms with E-state index in [0.717, 1.165) is 17.7 Å². The molecule has 0 aromatic heterocycles. The molecular weight excluding hydrogens is 505 g/mol. The average molecular weight is 534 g/mol. The van der Waals surface area contributed by atoms with Crippen LogP contribution in [0.4, 0.5) is 0 Å². The number of hydrogen-bond acceptors (Lipinski definition) is 3. The van der Waals surface area contributed by atoms with Crippen molar-refractivity contribution in [3.63, 3.8) is 0 Å². The summed E-state index contributed by atoms with van der Waals surface area (Å²) >= 11 is 6.57. The third kappa shape index (κ3) is 9.31. The van der Waals surface area contributed by atoms with Crippen LogP contribution in [-0.2, 0) is 24.6 Å². The zero-order valence-electron chi connectivity index (χ0n) is 15.0. The fourth-order valence-corrected chi connectivity index (χ4v) is 6.00. The van der Waals surface area contributed by atoms with Crippen LogP contribution in [0.15, 0.2) is 53.4 Å². The molecule has 2 aromatic rings. The molecule has 2 aromatic carbocycles. The van der Waals surface area contributed by atoms with Gasteiger partial charge < -0.3 is 9.42 Å². The predicted octanol–water partition coefficient (Wildman–Crippen LogP) is 5.84. The number of aryl methyl sites for hydroxylation is 2. The number of benzene rings is 2. The summed E-state index contributed by atoms with van der Waals surface area (Å²) in [5.74, 6) is 0.637. The summed E-state index contributed by atoms with van der Waals surface area (Å²) in [6, 6.07) is 16.1. The van der Waals surface area contributed by atoms with E-state index < -0.39 is 5.69 Å². The van der Waals surface area contributed by atoms with Crippen LogP contribution >= 0.6 is 17.1 Å². The molecule has 0 radical (unpaired) electrons. The average Bonchev–Trinajstić information content (AvgIpc) is 2.60. The van der Waals surface area contributed by atoms with Crippen LogP contribution < -0.4 is 4.52 Å². The van der Waals surface area contributed by atoms with Crippen LogP contribution in [0.2, 0.25) is 0 Å². The van der Waals surface area contributed by atoms with Crippen molar-refractivity contribution in [1.29, 1.82) is 0 Å². The van der Waals surface area contributed by atoms with E-state index in [-0.39, 0.29) is 48.9 Å². The van der Waals surface area contributed by atoms with Gasteiger partial charge in [0.2, 0.25) is 0 Å². The van der Waals surface area contributed by atoms with Crippen molar-refractivity contribution < 1.29 is 9.42 Å². The minimum absolute atomic E-state index is 0. The first-order valence-electron chi connectivity index (χ1n) is 8.92. The van der Waals surface area contributed by atoms with Crippen LogP contribution in [0, 0.1) is 0 Å². The first-order chi connectivity index (χ1) is 12.0. The molecule has 0 aliphatic rings. The maximum atomic E-state index is 10.5. The summed E-state index contributed by atoms with van der Waals surface area (Å²) in [5, 5.41) is 0. The van der Waals surface area contributed by atoms with E-state index in [9.17, 15) is 4.89 Å². The Bertz CT molecular complexity index is 632. The van der Waals surface area contributed by atoms with Crippen molar-refractivity contribution in [3.8, 4) is 5.75 Å². The molecular formula is C20H29BaO2PS2. The van der Waals surface area contributed by atoms with Crippen molar-refractivity contribution in [2.45, 2.75) is 57.3 Å². The van der Waals surface area contributed by atoms with Crippen molar-refractivity contribution in [1.82, 2.24) is 0 Å². The summed E-state index contributed by atoms with van der Waals surface area (Å²) in [6.45, 7) is 4.38. The zero-order valence-corrected chi connectivity index (χ0v) is 17.5. The molecule has 0 spiro atoms. The van der Waals surface area contributed by atoms with Crippen molar-refractivity contribution in [2.75, 3.05) is 0 Å². The second-order valence-corrected chi connectivity index (χ2v) is 12.1. The maximum absolute atomic E-state index is 10.5. The Kier molecular flexibility index (Phi) is 12.5. The van der Waals surface area contributed by atoms with E-state index in [4.69, 9.17) is 16.3 Å². The monoisotopic (exact) mass is 534 g/mol. The molecule has 1 unspecified atom stereocenters. The Balaban J connectivity index is 0.00000338. The molecule has 0 amide bonds. The van der Waals surface area contributed by atoms with Crippen LogP contribution in [-0.4, -0.2) is 53.8 Å². The molecule has 0 aliphatic carbocycles. The second-order valence-electron chi connectivity index (χ2n) is 6.15. The van der Waals surface area contributed by atoms with Crippen LogP contribution in [0.5, 0.6) is 5.75 Å². The topological polar surface area (TPSA) is 29.5 Å². The molecule has 26 heavy (non-hydrogen) atoms. The first-order valence-corrected chi connectivity index (χ1v) is 13.0. The SMILES string of the molecule is CCCCc1ccc(OP(O)(=S)Sc2ccc(CCCC)cc2)cc1.[BaH2]. The van der Waals surface area contributed by atoms with Gasteiger partial charge in [-0.05, 0) is 84.3 Å². The number of rotatable bonds is 10. The Hall–Kier alpha value is 0.771. The third-order valence-electron chi connectivity index (χ3n) is 3.93. The van der Waals surface area contributed by atoms with Crippen molar-refractivity contribution >= 4 is 77.8 Å². The van der Waals surface area contributed by atoms with Crippen molar-refractivity contribution in [2.24, 2.45) is 0 Å². The quantitative estimate of drug-likeness (QED) is 0.307. The van der Waals surface area contributed by atoms with E-state index in [1.807, 2.05) is 36.4 Å². The van der Waals surface area contributed by atoms with E-state index >= 15 is 0 Å². The fourth-order valence-electron chi connectivity index (χ4n) is 2.48. The van der Waals surface area contributed by atoms with Gasteiger partial charge in [-0.2, -0.15) is 0 Å². The Morgan fingerprint density at radius 3 is 1.81 bits per heavy atom. The predicted molar refractivity (Wildman–Crippen MR) is 122 cm³/mol. The molecule has 0 heterocycles. The third-order valence-corrected chi connectivity index (χ3v) is 7.52. The molecule has 140 valence electrons. The second kappa shape index (κ2) is 13.1. The molecule has 1 atom stereocenters. The normalized spacial score (nSPS) is 12.9. The van der Waals surface area contributed by atoms with E-state index in [1.54, 1.807) is 0 Å². The van der Waals surface area contributed by atoms with Gasteiger partial charge in [0.25, 0.3) is 5.69 Å². The van der Waals surface area contributed by atoms with Crippen LogP contribution in [0.25, 0.3) is 0 Å². The van der Waals surface area contributed by atoms with Gasteiger partial charge in [-0.15, -0.1) is 0 Å². The van der Waals surface area contributed by atoms with Gasteiger partial charge in [0.1, 0.15) is 5.75 Å². The number of hydrogen-bond donors (Lipinski definition) is 1. The van der Waals surface area contributed by atoms with Gasteiger partial charge >= 0.3 is 48.9 Å². The van der Waals surface area contributed by atoms with Crippen LogP contribution in [0.3, 0.4) is 0 Å². The van der Waals surface area contributed by atoms with Gasteiger partial charge in [0.05, 0.1) is 0 Å². The van der Waals surface area contributed by atoms with Crippen LogP contribution in [0.1, 0.15) is 50.7 Å². The van der Waals surface area contributed by atoms with E-state index in [1.165, 1.54) is 48.2 Å². The molecule has 2 nitrogen and oxygen atoms in total. The molecule has 1 N–H and O–H groups in total. The minimum atomic E-state index is -2.96. The Morgan fingerprint density at radius 1 is 0.885 bits per heavy atom. The molecule has 2 rings (SSSR count). The fraction of sp³-hybridized carbons (Fsp3) is 0.400. The molecule has 0 fully saturated rings. The zero-order chi connectivity index (χ0) is 18.1. The van der Waals surface area contributed by atoms with Gasteiger partial charge in [-0.1, -0.05) is 51.0 Å². The van der Waals surface area contributed by atoms with Gasteiger partial charge in [0, 0.05) is 4.90 Å². The number of unbranched alkanes of at least 4 members (excludes halogenated alkanes) is 2. The van der Waals surface area contributed by atoms with Gasteiger partial charge in [-0.25, -0.2) is 0 Å². The van der Waals surface area contributed by atoms with Crippen molar-refractivity contribution in [3.05, 3.63) is 59.7 Å². The first kappa shape index (κ1) is 24.8. The Labute approximate surface area is 207 Å².